The standard InChI is InChI=1S/C14H20FNO2/c1-14(17,10-16-8-2-3-9-16)11-18-13-6-4-12(15)5-7-13/h4-7,17H,2-3,8-11H2,1H3/p+1/t14-/m0/s1. The second-order valence-corrected chi connectivity index (χ2v) is 5.37. The monoisotopic (exact) mass is 254 g/mol. The number of benzene rings is 1. The van der Waals surface area contributed by atoms with E-state index in [1.165, 1.54) is 29.9 Å². The Morgan fingerprint density at radius 2 is 1.89 bits per heavy atom. The summed E-state index contributed by atoms with van der Waals surface area (Å²) in [5.74, 6) is 0.309. The van der Waals surface area contributed by atoms with Gasteiger partial charge in [-0.05, 0) is 31.2 Å². The molecule has 0 unspecified atom stereocenters. The molecule has 0 spiro atoms. The number of hydrogen-bond donors (Lipinski definition) is 2. The van der Waals surface area contributed by atoms with Crippen LogP contribution in [0.1, 0.15) is 19.8 Å². The molecule has 0 bridgehead atoms. The van der Waals surface area contributed by atoms with Gasteiger partial charge in [0.05, 0.1) is 13.1 Å². The molecular formula is C14H21FNO2+. The molecule has 1 aliphatic rings. The summed E-state index contributed by atoms with van der Waals surface area (Å²) in [6.07, 6.45) is 2.48. The third kappa shape index (κ3) is 3.96. The van der Waals surface area contributed by atoms with Crippen LogP contribution >= 0.6 is 0 Å². The first-order chi connectivity index (χ1) is 8.55. The quantitative estimate of drug-likeness (QED) is 0.808. The predicted molar refractivity (Wildman–Crippen MR) is 67.3 cm³/mol. The van der Waals surface area contributed by atoms with E-state index in [0.29, 0.717) is 12.3 Å². The third-order valence-electron chi connectivity index (χ3n) is 3.30. The molecule has 1 fully saturated rings. The summed E-state index contributed by atoms with van der Waals surface area (Å²) in [6, 6.07) is 5.87. The lowest BCUT2D eigenvalue weighted by Crippen LogP contribution is -3.12. The largest absolute Gasteiger partial charge is 0.490 e. The molecule has 1 aromatic rings. The highest BCUT2D eigenvalue weighted by atomic mass is 19.1. The molecule has 1 aromatic carbocycles. The van der Waals surface area contributed by atoms with Crippen molar-refractivity contribution in [3.8, 4) is 5.75 Å². The van der Waals surface area contributed by atoms with Crippen LogP contribution in [-0.2, 0) is 0 Å². The molecule has 3 nitrogen and oxygen atoms in total. The zero-order valence-corrected chi connectivity index (χ0v) is 10.8. The molecule has 1 atom stereocenters. The Kier molecular flexibility index (Phi) is 4.19. The molecule has 0 aliphatic carbocycles. The Labute approximate surface area is 107 Å². The predicted octanol–water partition coefficient (Wildman–Crippen LogP) is 0.634. The fourth-order valence-electron chi connectivity index (χ4n) is 2.41. The van der Waals surface area contributed by atoms with Crippen molar-refractivity contribution >= 4 is 0 Å². The van der Waals surface area contributed by atoms with Crippen LogP contribution in [0.5, 0.6) is 5.75 Å². The van der Waals surface area contributed by atoms with E-state index >= 15 is 0 Å². The molecule has 1 saturated heterocycles. The molecule has 1 heterocycles. The van der Waals surface area contributed by atoms with Crippen molar-refractivity contribution in [3.63, 3.8) is 0 Å². The number of ether oxygens (including phenoxy) is 1. The summed E-state index contributed by atoms with van der Waals surface area (Å²) >= 11 is 0. The van der Waals surface area contributed by atoms with E-state index in [1.54, 1.807) is 19.1 Å². The lowest BCUT2D eigenvalue weighted by atomic mass is 10.1. The molecule has 0 radical (unpaired) electrons. The number of rotatable bonds is 5. The molecule has 4 heteroatoms. The van der Waals surface area contributed by atoms with Crippen molar-refractivity contribution in [1.29, 1.82) is 0 Å². The minimum atomic E-state index is -0.839. The minimum Gasteiger partial charge on any atom is -0.490 e. The molecule has 2 rings (SSSR count). The van der Waals surface area contributed by atoms with Gasteiger partial charge in [0.25, 0.3) is 0 Å². The van der Waals surface area contributed by atoms with Crippen molar-refractivity contribution in [3.05, 3.63) is 30.1 Å². The first-order valence-electron chi connectivity index (χ1n) is 6.49. The first kappa shape index (κ1) is 13.3. The Balaban J connectivity index is 1.82. The number of quaternary nitrogens is 1. The maximum absolute atomic E-state index is 12.7. The van der Waals surface area contributed by atoms with Crippen LogP contribution in [0.2, 0.25) is 0 Å². The van der Waals surface area contributed by atoms with Crippen molar-refractivity contribution in [2.75, 3.05) is 26.2 Å². The van der Waals surface area contributed by atoms with Crippen LogP contribution in [0.15, 0.2) is 24.3 Å². The zero-order valence-electron chi connectivity index (χ0n) is 10.8. The van der Waals surface area contributed by atoms with Gasteiger partial charge in [-0.3, -0.25) is 0 Å². The second-order valence-electron chi connectivity index (χ2n) is 5.37. The fraction of sp³-hybridized carbons (Fsp3) is 0.571. The summed E-state index contributed by atoms with van der Waals surface area (Å²) in [6.45, 7) is 5.00. The molecule has 100 valence electrons. The van der Waals surface area contributed by atoms with Gasteiger partial charge in [0.15, 0.2) is 0 Å². The zero-order chi connectivity index (χ0) is 13.0. The van der Waals surface area contributed by atoms with Gasteiger partial charge in [-0.25, -0.2) is 4.39 Å². The Morgan fingerprint density at radius 3 is 2.50 bits per heavy atom. The van der Waals surface area contributed by atoms with Gasteiger partial charge in [0.1, 0.15) is 30.3 Å². The minimum absolute atomic E-state index is 0.238. The molecular weight excluding hydrogens is 233 g/mol. The molecule has 18 heavy (non-hydrogen) atoms. The topological polar surface area (TPSA) is 33.9 Å². The van der Waals surface area contributed by atoms with Gasteiger partial charge < -0.3 is 14.7 Å². The summed E-state index contributed by atoms with van der Waals surface area (Å²) in [5.41, 5.74) is -0.839. The van der Waals surface area contributed by atoms with E-state index in [-0.39, 0.29) is 12.4 Å². The number of aliphatic hydroxyl groups is 1. The maximum atomic E-state index is 12.7. The number of nitrogens with one attached hydrogen (secondary N) is 1. The van der Waals surface area contributed by atoms with E-state index in [4.69, 9.17) is 4.74 Å². The Morgan fingerprint density at radius 1 is 1.28 bits per heavy atom. The van der Waals surface area contributed by atoms with Crippen molar-refractivity contribution in [2.45, 2.75) is 25.4 Å². The molecule has 1 aliphatic heterocycles. The molecule has 0 aromatic heterocycles. The van der Waals surface area contributed by atoms with Crippen LogP contribution in [-0.4, -0.2) is 36.9 Å². The third-order valence-corrected chi connectivity index (χ3v) is 3.30. The van der Waals surface area contributed by atoms with Gasteiger partial charge in [-0.1, -0.05) is 0 Å². The van der Waals surface area contributed by atoms with Crippen molar-refractivity contribution < 1.29 is 19.1 Å². The molecule has 0 saturated carbocycles. The van der Waals surface area contributed by atoms with Gasteiger partial charge in [-0.2, -0.15) is 0 Å². The Hall–Kier alpha value is -1.13. The Bertz CT molecular complexity index is 372. The highest BCUT2D eigenvalue weighted by Crippen LogP contribution is 2.13. The lowest BCUT2D eigenvalue weighted by Gasteiger charge is -2.26. The van der Waals surface area contributed by atoms with Crippen LogP contribution in [0.3, 0.4) is 0 Å². The van der Waals surface area contributed by atoms with Crippen molar-refractivity contribution in [2.24, 2.45) is 0 Å². The molecule has 2 N–H and O–H groups in total. The SMILES string of the molecule is C[C@@](O)(COc1ccc(F)cc1)C[NH+]1CCCC1. The number of likely N-dealkylation sites (tertiary alicyclic amines) is 1. The van der Waals surface area contributed by atoms with Gasteiger partial charge >= 0.3 is 0 Å². The summed E-state index contributed by atoms with van der Waals surface area (Å²) in [7, 11) is 0. The normalized spacial score (nSPS) is 19.7. The summed E-state index contributed by atoms with van der Waals surface area (Å²) in [5, 5.41) is 10.3. The highest BCUT2D eigenvalue weighted by molar-refractivity contribution is 5.22. The fourth-order valence-corrected chi connectivity index (χ4v) is 2.41. The number of halogens is 1. The first-order valence-corrected chi connectivity index (χ1v) is 6.49. The van der Waals surface area contributed by atoms with Crippen LogP contribution in [0, 0.1) is 5.82 Å². The van der Waals surface area contributed by atoms with E-state index < -0.39 is 5.60 Å². The van der Waals surface area contributed by atoms with Gasteiger partial charge in [0.2, 0.25) is 0 Å². The van der Waals surface area contributed by atoms with E-state index in [1.807, 2.05) is 0 Å². The average Bonchev–Trinajstić information content (AvgIpc) is 2.80. The lowest BCUT2D eigenvalue weighted by molar-refractivity contribution is -0.893. The van der Waals surface area contributed by atoms with Gasteiger partial charge in [0, 0.05) is 12.8 Å². The van der Waals surface area contributed by atoms with E-state index in [0.717, 1.165) is 13.1 Å². The van der Waals surface area contributed by atoms with E-state index in [2.05, 4.69) is 0 Å². The van der Waals surface area contributed by atoms with Crippen molar-refractivity contribution in [1.82, 2.24) is 0 Å². The smallest absolute Gasteiger partial charge is 0.144 e. The van der Waals surface area contributed by atoms with Crippen LogP contribution in [0.25, 0.3) is 0 Å². The van der Waals surface area contributed by atoms with Crippen LogP contribution < -0.4 is 9.64 Å². The average molecular weight is 254 g/mol. The second kappa shape index (κ2) is 5.67. The summed E-state index contributed by atoms with van der Waals surface area (Å²) in [4.78, 5) is 1.43. The summed E-state index contributed by atoms with van der Waals surface area (Å²) < 4.78 is 18.2. The highest BCUT2D eigenvalue weighted by Gasteiger charge is 2.29. The molecule has 0 amide bonds. The van der Waals surface area contributed by atoms with Gasteiger partial charge in [-0.15, -0.1) is 0 Å². The number of hydrogen-bond acceptors (Lipinski definition) is 2. The maximum Gasteiger partial charge on any atom is 0.144 e. The van der Waals surface area contributed by atoms with E-state index in [9.17, 15) is 9.50 Å². The van der Waals surface area contributed by atoms with Crippen LogP contribution in [0.4, 0.5) is 4.39 Å².